The van der Waals surface area contributed by atoms with Gasteiger partial charge in [0.1, 0.15) is 5.82 Å². The normalized spacial score (nSPS) is 10.2. The lowest BCUT2D eigenvalue weighted by molar-refractivity contribution is 0.0975. The van der Waals surface area contributed by atoms with Crippen molar-refractivity contribution in [1.29, 1.82) is 5.41 Å². The van der Waals surface area contributed by atoms with Gasteiger partial charge in [-0.15, -0.1) is 0 Å². The zero-order chi connectivity index (χ0) is 24.0. The summed E-state index contributed by atoms with van der Waals surface area (Å²) >= 11 is 0. The van der Waals surface area contributed by atoms with E-state index in [0.717, 1.165) is 6.07 Å². The van der Waals surface area contributed by atoms with Gasteiger partial charge < -0.3 is 20.1 Å². The molecule has 9 heteroatoms. The number of aryl methyl sites for hydroxylation is 1. The molecule has 0 unspecified atom stereocenters. The maximum Gasteiger partial charge on any atom is 0.258 e. The van der Waals surface area contributed by atoms with E-state index in [1.165, 1.54) is 32.4 Å². The van der Waals surface area contributed by atoms with Gasteiger partial charge in [-0.05, 0) is 55.0 Å². The van der Waals surface area contributed by atoms with Crippen LogP contribution in [0, 0.1) is 18.2 Å². The summed E-state index contributed by atoms with van der Waals surface area (Å²) in [5.41, 5.74) is 1.57. The number of halogens is 1. The van der Waals surface area contributed by atoms with Crippen LogP contribution in [-0.4, -0.2) is 32.0 Å². The standard InChI is InChI=1S/C24H23FN4O4/c1-14-11-16(12-20(32-2)21(14)33-3)23(31)29-24(26)27-17-9-10-18(25)19(13-17)28-22(30)15-7-5-4-6-8-15/h4-13H,1-3H3,(H,28,30)(H3,26,27,29,31). The number of guanidine groups is 1. The minimum absolute atomic E-state index is 0.0662. The van der Waals surface area contributed by atoms with Crippen molar-refractivity contribution in [3.05, 3.63) is 83.2 Å². The average Bonchev–Trinajstić information content (AvgIpc) is 2.81. The molecule has 0 bridgehead atoms. The first-order valence-electron chi connectivity index (χ1n) is 9.88. The molecule has 3 aromatic carbocycles. The maximum absolute atomic E-state index is 14.2. The topological polar surface area (TPSA) is 113 Å². The van der Waals surface area contributed by atoms with Crippen molar-refractivity contribution in [2.24, 2.45) is 0 Å². The Kier molecular flexibility index (Phi) is 7.24. The summed E-state index contributed by atoms with van der Waals surface area (Å²) in [5.74, 6) is -1.09. The molecule has 0 atom stereocenters. The van der Waals surface area contributed by atoms with Crippen LogP contribution in [0.2, 0.25) is 0 Å². The average molecular weight is 450 g/mol. The van der Waals surface area contributed by atoms with Crippen LogP contribution in [-0.2, 0) is 0 Å². The SMILES string of the molecule is COc1cc(C(=O)NC(=N)Nc2ccc(F)c(NC(=O)c3ccccc3)c2)cc(C)c1OC. The molecular weight excluding hydrogens is 427 g/mol. The van der Waals surface area contributed by atoms with Crippen LogP contribution in [0.3, 0.4) is 0 Å². The molecule has 0 aliphatic heterocycles. The van der Waals surface area contributed by atoms with Gasteiger partial charge in [0.05, 0.1) is 19.9 Å². The molecule has 0 aliphatic carbocycles. The fourth-order valence-corrected chi connectivity index (χ4v) is 3.13. The molecule has 4 N–H and O–H groups in total. The second-order valence-electron chi connectivity index (χ2n) is 7.00. The molecule has 8 nitrogen and oxygen atoms in total. The summed E-state index contributed by atoms with van der Waals surface area (Å²) in [4.78, 5) is 24.9. The number of rotatable bonds is 6. The van der Waals surface area contributed by atoms with Gasteiger partial charge in [0, 0.05) is 16.8 Å². The number of benzene rings is 3. The van der Waals surface area contributed by atoms with Crippen molar-refractivity contribution in [2.45, 2.75) is 6.92 Å². The molecule has 0 aromatic heterocycles. The van der Waals surface area contributed by atoms with E-state index < -0.39 is 17.6 Å². The van der Waals surface area contributed by atoms with Gasteiger partial charge in [0.2, 0.25) is 0 Å². The van der Waals surface area contributed by atoms with Crippen LogP contribution in [0.15, 0.2) is 60.7 Å². The maximum atomic E-state index is 14.2. The summed E-state index contributed by atoms with van der Waals surface area (Å²) in [5, 5.41) is 15.6. The minimum Gasteiger partial charge on any atom is -0.493 e. The summed E-state index contributed by atoms with van der Waals surface area (Å²) in [7, 11) is 2.97. The quantitative estimate of drug-likeness (QED) is 0.332. The van der Waals surface area contributed by atoms with E-state index >= 15 is 0 Å². The summed E-state index contributed by atoms with van der Waals surface area (Å²) in [6.07, 6.45) is 0. The fourth-order valence-electron chi connectivity index (χ4n) is 3.13. The highest BCUT2D eigenvalue weighted by atomic mass is 19.1. The summed E-state index contributed by atoms with van der Waals surface area (Å²) < 4.78 is 24.7. The Morgan fingerprint density at radius 2 is 1.61 bits per heavy atom. The molecule has 0 saturated heterocycles. The zero-order valence-electron chi connectivity index (χ0n) is 18.3. The van der Waals surface area contributed by atoms with Crippen molar-refractivity contribution in [3.63, 3.8) is 0 Å². The monoisotopic (exact) mass is 450 g/mol. The molecule has 0 aliphatic rings. The third-order valence-electron chi connectivity index (χ3n) is 4.69. The highest BCUT2D eigenvalue weighted by Crippen LogP contribution is 2.32. The number of methoxy groups -OCH3 is 2. The molecule has 0 fully saturated rings. The number of carbonyl (C=O) groups excluding carboxylic acids is 2. The van der Waals surface area contributed by atoms with Gasteiger partial charge in [-0.1, -0.05) is 18.2 Å². The van der Waals surface area contributed by atoms with E-state index in [9.17, 15) is 14.0 Å². The number of anilines is 2. The largest absolute Gasteiger partial charge is 0.493 e. The summed E-state index contributed by atoms with van der Waals surface area (Å²) in [6.45, 7) is 1.77. The lowest BCUT2D eigenvalue weighted by atomic mass is 10.1. The van der Waals surface area contributed by atoms with E-state index in [1.807, 2.05) is 0 Å². The first-order valence-corrected chi connectivity index (χ1v) is 9.88. The first kappa shape index (κ1) is 23.3. The fraction of sp³-hybridized carbons (Fsp3) is 0.125. The molecular formula is C24H23FN4O4. The van der Waals surface area contributed by atoms with E-state index in [0.29, 0.717) is 28.3 Å². The van der Waals surface area contributed by atoms with Gasteiger partial charge >= 0.3 is 0 Å². The van der Waals surface area contributed by atoms with Crippen LogP contribution >= 0.6 is 0 Å². The van der Waals surface area contributed by atoms with E-state index in [2.05, 4.69) is 16.0 Å². The van der Waals surface area contributed by atoms with E-state index in [-0.39, 0.29) is 17.2 Å². The van der Waals surface area contributed by atoms with Crippen molar-refractivity contribution in [2.75, 3.05) is 24.9 Å². The molecule has 2 amide bonds. The Labute approximate surface area is 190 Å². The van der Waals surface area contributed by atoms with Crippen LogP contribution in [0.25, 0.3) is 0 Å². The van der Waals surface area contributed by atoms with Crippen molar-refractivity contribution < 1.29 is 23.5 Å². The molecule has 170 valence electrons. The van der Waals surface area contributed by atoms with Crippen LogP contribution < -0.4 is 25.4 Å². The van der Waals surface area contributed by atoms with Gasteiger partial charge in [-0.3, -0.25) is 20.3 Å². The van der Waals surface area contributed by atoms with E-state index in [4.69, 9.17) is 14.9 Å². The highest BCUT2D eigenvalue weighted by Gasteiger charge is 2.16. The van der Waals surface area contributed by atoms with Crippen molar-refractivity contribution in [1.82, 2.24) is 5.32 Å². The predicted molar refractivity (Wildman–Crippen MR) is 124 cm³/mol. The predicted octanol–water partition coefficient (Wildman–Crippen LogP) is 4.18. The Hall–Kier alpha value is -4.40. The van der Waals surface area contributed by atoms with Gasteiger partial charge in [-0.25, -0.2) is 4.39 Å². The van der Waals surface area contributed by atoms with Gasteiger partial charge in [0.15, 0.2) is 17.5 Å². The van der Waals surface area contributed by atoms with Crippen LogP contribution in [0.1, 0.15) is 26.3 Å². The smallest absolute Gasteiger partial charge is 0.258 e. The molecule has 3 aromatic rings. The zero-order valence-corrected chi connectivity index (χ0v) is 18.3. The van der Waals surface area contributed by atoms with E-state index in [1.54, 1.807) is 43.3 Å². The van der Waals surface area contributed by atoms with Gasteiger partial charge in [0.25, 0.3) is 11.8 Å². The lowest BCUT2D eigenvalue weighted by Crippen LogP contribution is -2.35. The second kappa shape index (κ2) is 10.3. The lowest BCUT2D eigenvalue weighted by Gasteiger charge is -2.14. The molecule has 33 heavy (non-hydrogen) atoms. The van der Waals surface area contributed by atoms with Crippen LogP contribution in [0.4, 0.5) is 15.8 Å². The molecule has 3 rings (SSSR count). The number of hydrogen-bond donors (Lipinski definition) is 4. The summed E-state index contributed by atoms with van der Waals surface area (Å²) in [6, 6.07) is 15.4. The van der Waals surface area contributed by atoms with Gasteiger partial charge in [-0.2, -0.15) is 0 Å². The Morgan fingerprint density at radius 1 is 0.879 bits per heavy atom. The number of amides is 2. The second-order valence-corrected chi connectivity index (χ2v) is 7.00. The third kappa shape index (κ3) is 5.65. The Morgan fingerprint density at radius 3 is 2.27 bits per heavy atom. The highest BCUT2D eigenvalue weighted by molar-refractivity contribution is 6.09. The third-order valence-corrected chi connectivity index (χ3v) is 4.69. The first-order chi connectivity index (χ1) is 15.8. The number of nitrogens with one attached hydrogen (secondary N) is 4. The number of ether oxygens (including phenoxy) is 2. The Balaban J connectivity index is 1.69. The Bertz CT molecular complexity index is 1200. The van der Waals surface area contributed by atoms with Crippen molar-refractivity contribution in [3.8, 4) is 11.5 Å². The molecule has 0 saturated carbocycles. The molecule has 0 radical (unpaired) electrons. The number of carbonyl (C=O) groups is 2. The van der Waals surface area contributed by atoms with Crippen molar-refractivity contribution >= 4 is 29.1 Å². The number of hydrogen-bond acceptors (Lipinski definition) is 5. The molecule has 0 spiro atoms. The molecule has 0 heterocycles. The minimum atomic E-state index is -0.638. The van der Waals surface area contributed by atoms with Crippen LogP contribution in [0.5, 0.6) is 11.5 Å².